The average molecular weight is 475 g/mol. The van der Waals surface area contributed by atoms with E-state index in [1.807, 2.05) is 0 Å². The highest BCUT2D eigenvalue weighted by molar-refractivity contribution is 6.00. The largest absolute Gasteiger partial charge is 0.465 e. The molecule has 0 saturated heterocycles. The van der Waals surface area contributed by atoms with Gasteiger partial charge in [0.1, 0.15) is 11.6 Å². The standard InChI is InChI=1S/C25H22FN5O4/c1-3-31-21-12-22(30-25(34)35)27-13-15(21)10-18(23(31)32)17-11-20(19(26)9-14(17)2)29-24(33)28-16-7-5-4-6-8-16/h4-13H,3H2,1-2H3,(H,27,30)(H,34,35)(H2,28,29,33). The van der Waals surface area contributed by atoms with Crippen molar-refractivity contribution in [1.29, 1.82) is 0 Å². The summed E-state index contributed by atoms with van der Waals surface area (Å²) in [6.45, 7) is 3.77. The first-order valence-corrected chi connectivity index (χ1v) is 10.7. The topological polar surface area (TPSA) is 125 Å². The van der Waals surface area contributed by atoms with Crippen LogP contribution in [0.4, 0.5) is 31.2 Å². The van der Waals surface area contributed by atoms with Gasteiger partial charge < -0.3 is 20.3 Å². The Balaban J connectivity index is 1.76. The van der Waals surface area contributed by atoms with Crippen molar-refractivity contribution >= 4 is 40.2 Å². The zero-order valence-electron chi connectivity index (χ0n) is 18.9. The number of para-hydroxylation sites is 1. The average Bonchev–Trinajstić information content (AvgIpc) is 2.81. The SMILES string of the molecule is CCn1c(=O)c(-c2cc(NC(=O)Nc3ccccc3)c(F)cc2C)cc2cnc(NC(=O)O)cc21. The minimum Gasteiger partial charge on any atom is -0.465 e. The Morgan fingerprint density at radius 3 is 2.46 bits per heavy atom. The number of hydrogen-bond acceptors (Lipinski definition) is 4. The van der Waals surface area contributed by atoms with Gasteiger partial charge in [0.2, 0.25) is 0 Å². The first-order chi connectivity index (χ1) is 16.8. The number of anilines is 3. The molecule has 0 atom stereocenters. The molecular weight excluding hydrogens is 453 g/mol. The van der Waals surface area contributed by atoms with Crippen LogP contribution in [0.2, 0.25) is 0 Å². The van der Waals surface area contributed by atoms with E-state index in [-0.39, 0.29) is 17.1 Å². The lowest BCUT2D eigenvalue weighted by molar-refractivity contribution is 0.209. The molecule has 178 valence electrons. The van der Waals surface area contributed by atoms with E-state index in [9.17, 15) is 18.8 Å². The van der Waals surface area contributed by atoms with Crippen molar-refractivity contribution in [3.8, 4) is 11.1 Å². The quantitative estimate of drug-likeness (QED) is 0.313. The number of aryl methyl sites for hydroxylation is 2. The number of fused-ring (bicyclic) bond motifs is 1. The van der Waals surface area contributed by atoms with E-state index >= 15 is 0 Å². The molecule has 3 amide bonds. The Hall–Kier alpha value is -4.73. The van der Waals surface area contributed by atoms with Gasteiger partial charge in [-0.25, -0.2) is 19.0 Å². The number of rotatable bonds is 5. The van der Waals surface area contributed by atoms with E-state index in [4.69, 9.17) is 5.11 Å². The number of aromatic nitrogens is 2. The summed E-state index contributed by atoms with van der Waals surface area (Å²) in [5, 5.41) is 16.8. The number of nitrogens with zero attached hydrogens (tertiary/aromatic N) is 2. The highest BCUT2D eigenvalue weighted by Crippen LogP contribution is 2.29. The molecule has 10 heteroatoms. The second-order valence-corrected chi connectivity index (χ2v) is 7.76. The van der Waals surface area contributed by atoms with E-state index in [1.54, 1.807) is 50.2 Å². The number of urea groups is 1. The van der Waals surface area contributed by atoms with E-state index in [0.29, 0.717) is 39.8 Å². The van der Waals surface area contributed by atoms with Crippen molar-refractivity contribution in [2.45, 2.75) is 20.4 Å². The van der Waals surface area contributed by atoms with Crippen molar-refractivity contribution in [3.63, 3.8) is 0 Å². The molecule has 4 rings (SSSR count). The number of benzene rings is 2. The summed E-state index contributed by atoms with van der Waals surface area (Å²) < 4.78 is 16.2. The van der Waals surface area contributed by atoms with E-state index in [2.05, 4.69) is 20.9 Å². The minimum atomic E-state index is -1.27. The third-order valence-electron chi connectivity index (χ3n) is 5.41. The molecule has 0 aliphatic heterocycles. The van der Waals surface area contributed by atoms with Gasteiger partial charge in [-0.3, -0.25) is 10.1 Å². The van der Waals surface area contributed by atoms with E-state index in [1.165, 1.54) is 29.0 Å². The van der Waals surface area contributed by atoms with Gasteiger partial charge in [0.15, 0.2) is 0 Å². The summed E-state index contributed by atoms with van der Waals surface area (Å²) >= 11 is 0. The maximum Gasteiger partial charge on any atom is 0.410 e. The third-order valence-corrected chi connectivity index (χ3v) is 5.41. The molecule has 4 N–H and O–H groups in total. The fraction of sp³-hybridized carbons (Fsp3) is 0.120. The van der Waals surface area contributed by atoms with Gasteiger partial charge in [0, 0.05) is 35.4 Å². The van der Waals surface area contributed by atoms with Crippen LogP contribution in [-0.2, 0) is 6.54 Å². The summed E-state index contributed by atoms with van der Waals surface area (Å²) in [6.07, 6.45) is 0.193. The molecule has 35 heavy (non-hydrogen) atoms. The smallest absolute Gasteiger partial charge is 0.410 e. The Labute approximate surface area is 199 Å². The maximum absolute atomic E-state index is 14.7. The number of carboxylic acid groups (broad SMARTS) is 1. The lowest BCUT2D eigenvalue weighted by Gasteiger charge is -2.15. The summed E-state index contributed by atoms with van der Waals surface area (Å²) in [5.41, 5.74) is 1.87. The monoisotopic (exact) mass is 475 g/mol. The fourth-order valence-corrected chi connectivity index (χ4v) is 3.82. The minimum absolute atomic E-state index is 0.0827. The molecule has 9 nitrogen and oxygen atoms in total. The lowest BCUT2D eigenvalue weighted by Crippen LogP contribution is -2.23. The third kappa shape index (κ3) is 4.96. The summed E-state index contributed by atoms with van der Waals surface area (Å²) in [5.74, 6) is -0.551. The molecular formula is C25H22FN5O4. The predicted molar refractivity (Wildman–Crippen MR) is 133 cm³/mol. The number of pyridine rings is 2. The second kappa shape index (κ2) is 9.64. The Morgan fingerprint density at radius 2 is 1.77 bits per heavy atom. The molecule has 2 heterocycles. The number of carbonyl (C=O) groups excluding carboxylic acids is 1. The van der Waals surface area contributed by atoms with Crippen LogP contribution in [0.3, 0.4) is 0 Å². The van der Waals surface area contributed by atoms with Crippen LogP contribution in [0.1, 0.15) is 12.5 Å². The van der Waals surface area contributed by atoms with Crippen LogP contribution < -0.4 is 21.5 Å². The number of amides is 3. The van der Waals surface area contributed by atoms with Crippen LogP contribution in [0.5, 0.6) is 0 Å². The second-order valence-electron chi connectivity index (χ2n) is 7.76. The molecule has 0 aliphatic rings. The molecule has 0 radical (unpaired) electrons. The van der Waals surface area contributed by atoms with Crippen LogP contribution in [0.15, 0.2) is 65.6 Å². The molecule has 0 saturated carbocycles. The number of carbonyl (C=O) groups is 2. The summed E-state index contributed by atoms with van der Waals surface area (Å²) in [7, 11) is 0. The molecule has 0 unspecified atom stereocenters. The number of halogens is 1. The molecule has 0 fully saturated rings. The molecule has 0 bridgehead atoms. The van der Waals surface area contributed by atoms with Gasteiger partial charge in [-0.1, -0.05) is 18.2 Å². The van der Waals surface area contributed by atoms with E-state index < -0.39 is 17.9 Å². The van der Waals surface area contributed by atoms with Crippen LogP contribution in [0.25, 0.3) is 22.0 Å². The molecule has 0 spiro atoms. The molecule has 2 aromatic carbocycles. The number of hydrogen-bond donors (Lipinski definition) is 4. The van der Waals surface area contributed by atoms with Gasteiger partial charge in [-0.2, -0.15) is 0 Å². The van der Waals surface area contributed by atoms with Crippen molar-refractivity contribution in [3.05, 3.63) is 82.5 Å². The Kier molecular flexibility index (Phi) is 6.45. The van der Waals surface area contributed by atoms with Crippen LogP contribution in [0, 0.1) is 12.7 Å². The zero-order valence-corrected chi connectivity index (χ0v) is 18.9. The zero-order chi connectivity index (χ0) is 25.1. The van der Waals surface area contributed by atoms with Crippen LogP contribution in [-0.4, -0.2) is 26.8 Å². The lowest BCUT2D eigenvalue weighted by atomic mass is 9.99. The van der Waals surface area contributed by atoms with Gasteiger partial charge in [-0.15, -0.1) is 0 Å². The molecule has 4 aromatic rings. The highest BCUT2D eigenvalue weighted by atomic mass is 19.1. The summed E-state index contributed by atoms with van der Waals surface area (Å²) in [6, 6.07) is 13.9. The fourth-order valence-electron chi connectivity index (χ4n) is 3.82. The molecule has 0 aliphatic carbocycles. The van der Waals surface area contributed by atoms with Crippen molar-refractivity contribution in [1.82, 2.24) is 9.55 Å². The molecule has 2 aromatic heterocycles. The van der Waals surface area contributed by atoms with Crippen molar-refractivity contribution < 1.29 is 19.1 Å². The first kappa shape index (κ1) is 23.4. The van der Waals surface area contributed by atoms with Gasteiger partial charge in [0.25, 0.3) is 5.56 Å². The predicted octanol–water partition coefficient (Wildman–Crippen LogP) is 5.26. The van der Waals surface area contributed by atoms with Crippen molar-refractivity contribution in [2.75, 3.05) is 16.0 Å². The van der Waals surface area contributed by atoms with Gasteiger partial charge >= 0.3 is 12.1 Å². The Morgan fingerprint density at radius 1 is 1.03 bits per heavy atom. The van der Waals surface area contributed by atoms with E-state index in [0.717, 1.165) is 0 Å². The van der Waals surface area contributed by atoms with Gasteiger partial charge in [0.05, 0.1) is 11.2 Å². The first-order valence-electron chi connectivity index (χ1n) is 10.7. The van der Waals surface area contributed by atoms with Gasteiger partial charge in [-0.05, 0) is 55.3 Å². The Bertz CT molecular complexity index is 1500. The number of nitrogens with one attached hydrogen (secondary N) is 3. The van der Waals surface area contributed by atoms with Crippen molar-refractivity contribution in [2.24, 2.45) is 0 Å². The normalized spacial score (nSPS) is 10.7. The summed E-state index contributed by atoms with van der Waals surface area (Å²) in [4.78, 5) is 40.8. The van der Waals surface area contributed by atoms with Crippen LogP contribution >= 0.6 is 0 Å². The maximum atomic E-state index is 14.7. The highest BCUT2D eigenvalue weighted by Gasteiger charge is 2.17.